The van der Waals surface area contributed by atoms with Crippen molar-refractivity contribution in [3.63, 3.8) is 0 Å². The molecule has 0 atom stereocenters. The van der Waals surface area contributed by atoms with Crippen molar-refractivity contribution in [1.82, 2.24) is 14.9 Å². The lowest BCUT2D eigenvalue weighted by Crippen LogP contribution is -2.27. The van der Waals surface area contributed by atoms with Crippen molar-refractivity contribution in [1.29, 1.82) is 0 Å². The van der Waals surface area contributed by atoms with Crippen molar-refractivity contribution >= 4 is 32.8 Å². The molecule has 2 aromatic rings. The van der Waals surface area contributed by atoms with Crippen LogP contribution in [0, 0.1) is 5.41 Å². The van der Waals surface area contributed by atoms with Crippen molar-refractivity contribution < 1.29 is 5.11 Å². The zero-order valence-corrected chi connectivity index (χ0v) is 20.0. The van der Waals surface area contributed by atoms with Gasteiger partial charge in [-0.05, 0) is 25.5 Å². The first-order chi connectivity index (χ1) is 14.1. The fourth-order valence-corrected chi connectivity index (χ4v) is 4.28. The Labute approximate surface area is 183 Å². The molecule has 1 aliphatic heterocycles. The molecule has 7 nitrogen and oxygen atoms in total. The second-order valence-electron chi connectivity index (χ2n) is 9.41. The fourth-order valence-electron chi connectivity index (χ4n) is 3.31. The highest BCUT2D eigenvalue weighted by Gasteiger charge is 2.38. The molecule has 1 aliphatic rings. The number of hydrogen-bond acceptors (Lipinski definition) is 7. The number of unbranched alkanes of at least 4 members (excludes halogenated alkanes) is 1. The predicted molar refractivity (Wildman–Crippen MR) is 126 cm³/mol. The molecule has 0 amide bonds. The number of nitrogens with zero attached hydrogens (tertiary/aromatic N) is 6. The van der Waals surface area contributed by atoms with Gasteiger partial charge in [-0.3, -0.25) is 0 Å². The SMILES string of the molecule is CCCCN(CC)c1ccc(/N=C2/C(C(C)(C)C)=Nn3c2nnc3C(C)(C)CO)s1. The standard InChI is InChI=1S/C22H34N6OS/c1-8-10-13-27(9-2)16-12-11-15(30-16)23-17-18(21(3,4)5)26-28-19(17)24-25-20(28)22(6,7)14-29/h11-12,29H,8-10,13-14H2,1-7H3/b23-17-. The number of thiophene rings is 1. The highest BCUT2D eigenvalue weighted by atomic mass is 32.1. The van der Waals surface area contributed by atoms with Gasteiger partial charge < -0.3 is 10.0 Å². The Bertz CT molecular complexity index is 947. The van der Waals surface area contributed by atoms with Crippen LogP contribution in [0.15, 0.2) is 22.2 Å². The summed E-state index contributed by atoms with van der Waals surface area (Å²) in [5.74, 6) is 1.29. The summed E-state index contributed by atoms with van der Waals surface area (Å²) < 4.78 is 1.75. The quantitative estimate of drug-likeness (QED) is 0.663. The first kappa shape index (κ1) is 22.6. The minimum absolute atomic E-state index is 0.0309. The number of anilines is 1. The molecule has 0 spiro atoms. The molecule has 1 N–H and O–H groups in total. The lowest BCUT2D eigenvalue weighted by atomic mass is 9.87. The lowest BCUT2D eigenvalue weighted by Gasteiger charge is -2.20. The van der Waals surface area contributed by atoms with E-state index < -0.39 is 5.41 Å². The topological polar surface area (TPSA) is 78.9 Å². The van der Waals surface area contributed by atoms with Crippen LogP contribution in [-0.4, -0.2) is 51.1 Å². The molecular weight excluding hydrogens is 396 g/mol. The van der Waals surface area contributed by atoms with Gasteiger partial charge in [0.2, 0.25) is 5.82 Å². The summed E-state index contributed by atoms with van der Waals surface area (Å²) in [5, 5.41) is 25.5. The van der Waals surface area contributed by atoms with Crippen molar-refractivity contribution in [2.75, 3.05) is 24.6 Å². The molecule has 0 fully saturated rings. The number of aliphatic hydroxyl groups excluding tert-OH is 1. The highest BCUT2D eigenvalue weighted by Crippen LogP contribution is 2.35. The summed E-state index contributed by atoms with van der Waals surface area (Å²) >= 11 is 1.69. The molecule has 3 rings (SSSR count). The zero-order valence-electron chi connectivity index (χ0n) is 19.2. The van der Waals surface area contributed by atoms with Crippen molar-refractivity contribution in [2.24, 2.45) is 15.5 Å². The van der Waals surface area contributed by atoms with E-state index in [9.17, 15) is 5.11 Å². The Morgan fingerprint density at radius 1 is 1.13 bits per heavy atom. The first-order valence-electron chi connectivity index (χ1n) is 10.7. The summed E-state index contributed by atoms with van der Waals surface area (Å²) in [4.78, 5) is 7.38. The van der Waals surface area contributed by atoms with E-state index in [1.54, 1.807) is 16.0 Å². The number of rotatable bonds is 8. The Hall–Kier alpha value is -2.06. The summed E-state index contributed by atoms with van der Waals surface area (Å²) in [6.45, 7) is 16.7. The van der Waals surface area contributed by atoms with Crippen LogP contribution >= 0.6 is 11.3 Å². The van der Waals surface area contributed by atoms with E-state index >= 15 is 0 Å². The normalized spacial score (nSPS) is 15.6. The van der Waals surface area contributed by atoms with E-state index in [2.05, 4.69) is 61.8 Å². The second kappa shape index (κ2) is 8.59. The van der Waals surface area contributed by atoms with Gasteiger partial charge in [-0.1, -0.05) is 59.3 Å². The van der Waals surface area contributed by atoms with E-state index in [-0.39, 0.29) is 12.0 Å². The molecule has 0 saturated carbocycles. The third-order valence-electron chi connectivity index (χ3n) is 5.26. The Balaban J connectivity index is 2.02. The summed E-state index contributed by atoms with van der Waals surface area (Å²) in [5.41, 5.74) is 0.914. The van der Waals surface area contributed by atoms with Crippen LogP contribution in [0.1, 0.15) is 73.0 Å². The molecule has 0 aromatic carbocycles. The van der Waals surface area contributed by atoms with E-state index in [1.165, 1.54) is 17.8 Å². The maximum Gasteiger partial charge on any atom is 0.205 e. The predicted octanol–water partition coefficient (Wildman–Crippen LogP) is 4.62. The van der Waals surface area contributed by atoms with Crippen LogP contribution in [-0.2, 0) is 5.41 Å². The Morgan fingerprint density at radius 2 is 1.87 bits per heavy atom. The smallest absolute Gasteiger partial charge is 0.205 e. The molecular formula is C22H34N6OS. The maximum atomic E-state index is 9.80. The largest absolute Gasteiger partial charge is 0.395 e. The van der Waals surface area contributed by atoms with Gasteiger partial charge in [-0.15, -0.1) is 10.2 Å². The number of aliphatic hydroxyl groups is 1. The van der Waals surface area contributed by atoms with Gasteiger partial charge in [0.05, 0.1) is 17.3 Å². The van der Waals surface area contributed by atoms with Crippen LogP contribution in [0.5, 0.6) is 0 Å². The molecule has 2 aromatic heterocycles. The molecule has 30 heavy (non-hydrogen) atoms. The van der Waals surface area contributed by atoms with E-state index in [1.807, 2.05) is 13.8 Å². The van der Waals surface area contributed by atoms with Gasteiger partial charge in [0.25, 0.3) is 0 Å². The third kappa shape index (κ3) is 4.34. The van der Waals surface area contributed by atoms with Crippen LogP contribution in [0.4, 0.5) is 10.0 Å². The van der Waals surface area contributed by atoms with Crippen molar-refractivity contribution in [3.05, 3.63) is 23.8 Å². The average molecular weight is 431 g/mol. The summed E-state index contributed by atoms with van der Waals surface area (Å²) in [6.07, 6.45) is 2.37. The zero-order chi connectivity index (χ0) is 22.1. The number of hydrogen-bond donors (Lipinski definition) is 1. The van der Waals surface area contributed by atoms with Crippen LogP contribution in [0.25, 0.3) is 0 Å². The minimum atomic E-state index is -0.537. The van der Waals surface area contributed by atoms with Gasteiger partial charge in [0.15, 0.2) is 5.82 Å². The summed E-state index contributed by atoms with van der Waals surface area (Å²) in [7, 11) is 0. The molecule has 0 radical (unpaired) electrons. The highest BCUT2D eigenvalue weighted by molar-refractivity contribution is 7.19. The second-order valence-corrected chi connectivity index (χ2v) is 10.4. The summed E-state index contributed by atoms with van der Waals surface area (Å²) in [6, 6.07) is 4.22. The number of aliphatic imine (C=N–C) groups is 1. The van der Waals surface area contributed by atoms with Crippen molar-refractivity contribution in [3.8, 4) is 0 Å². The third-order valence-corrected chi connectivity index (χ3v) is 6.30. The average Bonchev–Trinajstić information content (AvgIpc) is 3.38. The number of aromatic nitrogens is 3. The van der Waals surface area contributed by atoms with E-state index in [4.69, 9.17) is 10.1 Å². The molecule has 0 saturated heterocycles. The molecule has 0 bridgehead atoms. The molecule has 0 unspecified atom stereocenters. The van der Waals surface area contributed by atoms with Crippen LogP contribution in [0.3, 0.4) is 0 Å². The first-order valence-corrected chi connectivity index (χ1v) is 11.5. The van der Waals surface area contributed by atoms with Crippen molar-refractivity contribution in [2.45, 2.75) is 66.7 Å². The van der Waals surface area contributed by atoms with Gasteiger partial charge in [-0.2, -0.15) is 9.78 Å². The molecule has 164 valence electrons. The van der Waals surface area contributed by atoms with Gasteiger partial charge >= 0.3 is 0 Å². The Morgan fingerprint density at radius 3 is 2.47 bits per heavy atom. The van der Waals surface area contributed by atoms with Gasteiger partial charge in [-0.25, -0.2) is 4.99 Å². The number of fused-ring (bicyclic) bond motifs is 1. The maximum absolute atomic E-state index is 9.80. The monoisotopic (exact) mass is 430 g/mol. The molecule has 8 heteroatoms. The van der Waals surface area contributed by atoms with Gasteiger partial charge in [0.1, 0.15) is 10.7 Å². The Kier molecular flexibility index (Phi) is 6.48. The van der Waals surface area contributed by atoms with E-state index in [0.717, 1.165) is 29.5 Å². The van der Waals surface area contributed by atoms with Crippen LogP contribution in [0.2, 0.25) is 0 Å². The van der Waals surface area contributed by atoms with Crippen LogP contribution < -0.4 is 4.90 Å². The lowest BCUT2D eigenvalue weighted by molar-refractivity contribution is 0.208. The van der Waals surface area contributed by atoms with E-state index in [0.29, 0.717) is 11.6 Å². The molecule has 0 aliphatic carbocycles. The molecule has 3 heterocycles. The van der Waals surface area contributed by atoms with Gasteiger partial charge in [0, 0.05) is 23.9 Å². The fraction of sp³-hybridized carbons (Fsp3) is 0.636. The minimum Gasteiger partial charge on any atom is -0.395 e.